The molecule has 0 saturated carbocycles. The monoisotopic (exact) mass is 661 g/mol. The maximum Gasteiger partial charge on any atom is 0.408 e. The van der Waals surface area contributed by atoms with Crippen molar-refractivity contribution in [3.63, 3.8) is 0 Å². The van der Waals surface area contributed by atoms with Crippen molar-refractivity contribution in [1.29, 1.82) is 0 Å². The van der Waals surface area contributed by atoms with Gasteiger partial charge in [-0.25, -0.2) is 9.78 Å². The molecular weight excluding hydrogens is 622 g/mol. The number of imidazole rings is 1. The Balaban J connectivity index is 1.29. The molecule has 0 fully saturated rings. The van der Waals surface area contributed by atoms with Crippen molar-refractivity contribution in [2.45, 2.75) is 38.3 Å². The second-order valence-corrected chi connectivity index (χ2v) is 11.4. The van der Waals surface area contributed by atoms with Gasteiger partial charge in [0, 0.05) is 31.4 Å². The van der Waals surface area contributed by atoms with Crippen LogP contribution in [0.5, 0.6) is 5.75 Å². The molecule has 1 unspecified atom stereocenters. The lowest BCUT2D eigenvalue weighted by Crippen LogP contribution is -2.52. The number of benzene rings is 4. The van der Waals surface area contributed by atoms with Crippen LogP contribution >= 0.6 is 0 Å². The van der Waals surface area contributed by atoms with Gasteiger partial charge in [-0.05, 0) is 34.4 Å². The van der Waals surface area contributed by atoms with E-state index in [0.717, 1.165) is 16.7 Å². The number of aromatic nitrogens is 2. The van der Waals surface area contributed by atoms with E-state index in [1.165, 1.54) is 11.2 Å². The lowest BCUT2D eigenvalue weighted by Gasteiger charge is -2.28. The van der Waals surface area contributed by atoms with Crippen molar-refractivity contribution in [3.8, 4) is 5.75 Å². The van der Waals surface area contributed by atoms with E-state index in [4.69, 9.17) is 9.47 Å². The molecule has 0 saturated heterocycles. The van der Waals surface area contributed by atoms with E-state index in [9.17, 15) is 19.5 Å². The molecule has 5 aromatic rings. The van der Waals surface area contributed by atoms with Gasteiger partial charge in [0.25, 0.3) is 0 Å². The molecule has 11 heteroatoms. The van der Waals surface area contributed by atoms with Gasteiger partial charge in [0.15, 0.2) is 0 Å². The van der Waals surface area contributed by atoms with Crippen LogP contribution in [0.3, 0.4) is 0 Å². The number of amides is 3. The van der Waals surface area contributed by atoms with Gasteiger partial charge in [-0.2, -0.15) is 0 Å². The Kier molecular flexibility index (Phi) is 12.5. The number of H-pyrrole nitrogens is 1. The van der Waals surface area contributed by atoms with Crippen molar-refractivity contribution in [2.75, 3.05) is 13.1 Å². The normalized spacial score (nSPS) is 11.9. The highest BCUT2D eigenvalue weighted by Crippen LogP contribution is 2.17. The fourth-order valence-electron chi connectivity index (χ4n) is 5.04. The van der Waals surface area contributed by atoms with Crippen molar-refractivity contribution < 1.29 is 29.0 Å². The van der Waals surface area contributed by atoms with E-state index in [0.29, 0.717) is 23.6 Å². The van der Waals surface area contributed by atoms with Crippen molar-refractivity contribution in [1.82, 2.24) is 25.5 Å². The molecule has 0 spiro atoms. The summed E-state index contributed by atoms with van der Waals surface area (Å²) >= 11 is 0. The van der Waals surface area contributed by atoms with Crippen LogP contribution in [0.1, 0.15) is 34.1 Å². The molecule has 1 heterocycles. The molecule has 0 radical (unpaired) electrons. The van der Waals surface area contributed by atoms with E-state index in [-0.39, 0.29) is 32.7 Å². The maximum atomic E-state index is 14.2. The first-order valence-corrected chi connectivity index (χ1v) is 15.9. The fraction of sp³-hybridized carbons (Fsp3) is 0.211. The van der Waals surface area contributed by atoms with Crippen LogP contribution in [0.4, 0.5) is 4.79 Å². The van der Waals surface area contributed by atoms with Gasteiger partial charge in [0.2, 0.25) is 11.8 Å². The zero-order chi connectivity index (χ0) is 34.3. The summed E-state index contributed by atoms with van der Waals surface area (Å²) in [4.78, 5) is 48.7. The number of aliphatic hydroxyl groups is 1. The highest BCUT2D eigenvalue weighted by Gasteiger charge is 2.29. The molecule has 0 aliphatic heterocycles. The molecule has 0 aliphatic rings. The molecule has 49 heavy (non-hydrogen) atoms. The van der Waals surface area contributed by atoms with Gasteiger partial charge in [0.1, 0.15) is 25.0 Å². The second kappa shape index (κ2) is 17.8. The Morgan fingerprint density at radius 2 is 1.43 bits per heavy atom. The summed E-state index contributed by atoms with van der Waals surface area (Å²) in [5.74, 6) is -0.328. The molecule has 0 aliphatic carbocycles. The molecule has 0 bridgehead atoms. The number of hydrogen-bond acceptors (Lipinski definition) is 7. The predicted octanol–water partition coefficient (Wildman–Crippen LogP) is 4.70. The van der Waals surface area contributed by atoms with Gasteiger partial charge in [-0.3, -0.25) is 9.59 Å². The Bertz CT molecular complexity index is 1740. The van der Waals surface area contributed by atoms with Crippen LogP contribution in [0.2, 0.25) is 0 Å². The standard InChI is InChI=1S/C38H39N5O6/c44-35(31-14-8-3-9-15-31)22-40-36(45)24-43(23-28-16-18-33(19-17-28)48-25-29-10-4-1-5-11-29)37(46)34(20-32-21-39-27-41-32)42-38(47)49-26-30-12-6-2-7-13-30/h1-19,21,27,34-35,44H,20,22-26H2,(H,39,41)(H,40,45)(H,42,47)/t34?,35-/m1/s1. The summed E-state index contributed by atoms with van der Waals surface area (Å²) in [7, 11) is 0. The van der Waals surface area contributed by atoms with Crippen LogP contribution in [-0.2, 0) is 40.5 Å². The molecule has 4 aromatic carbocycles. The Hall–Kier alpha value is -5.94. The molecule has 11 nitrogen and oxygen atoms in total. The fourth-order valence-corrected chi connectivity index (χ4v) is 5.04. The molecule has 252 valence electrons. The third kappa shape index (κ3) is 11.1. The number of carbonyl (C=O) groups excluding carboxylic acids is 3. The summed E-state index contributed by atoms with van der Waals surface area (Å²) in [6, 6.07) is 34.1. The Morgan fingerprint density at radius 3 is 2.06 bits per heavy atom. The first kappa shape index (κ1) is 34.4. The largest absolute Gasteiger partial charge is 0.489 e. The minimum absolute atomic E-state index is 0.0200. The Labute approximate surface area is 284 Å². The zero-order valence-electron chi connectivity index (χ0n) is 26.9. The van der Waals surface area contributed by atoms with E-state index in [1.807, 2.05) is 78.9 Å². The van der Waals surface area contributed by atoms with Crippen LogP contribution in [0.25, 0.3) is 0 Å². The number of aromatic amines is 1. The molecule has 5 rings (SSSR count). The highest BCUT2D eigenvalue weighted by atomic mass is 16.5. The number of alkyl carbamates (subject to hydrolysis) is 1. The second-order valence-electron chi connectivity index (χ2n) is 11.4. The van der Waals surface area contributed by atoms with Crippen molar-refractivity contribution >= 4 is 17.9 Å². The van der Waals surface area contributed by atoms with E-state index in [2.05, 4.69) is 20.6 Å². The summed E-state index contributed by atoms with van der Waals surface area (Å²) in [5, 5.41) is 16.0. The lowest BCUT2D eigenvalue weighted by atomic mass is 10.1. The Morgan fingerprint density at radius 1 is 0.796 bits per heavy atom. The first-order chi connectivity index (χ1) is 23.9. The number of aliphatic hydroxyl groups excluding tert-OH is 1. The van der Waals surface area contributed by atoms with Crippen molar-refractivity contribution in [2.24, 2.45) is 0 Å². The van der Waals surface area contributed by atoms with Crippen LogP contribution in [-0.4, -0.2) is 57.0 Å². The number of hydrogen-bond donors (Lipinski definition) is 4. The first-order valence-electron chi connectivity index (χ1n) is 15.9. The molecule has 4 N–H and O–H groups in total. The number of carbonyl (C=O) groups is 3. The smallest absolute Gasteiger partial charge is 0.408 e. The van der Waals surface area contributed by atoms with E-state index >= 15 is 0 Å². The summed E-state index contributed by atoms with van der Waals surface area (Å²) < 4.78 is 11.3. The third-order valence-electron chi connectivity index (χ3n) is 7.65. The topological polar surface area (TPSA) is 146 Å². The third-order valence-corrected chi connectivity index (χ3v) is 7.65. The minimum atomic E-state index is -1.08. The number of rotatable bonds is 16. The lowest BCUT2D eigenvalue weighted by molar-refractivity contribution is -0.138. The van der Waals surface area contributed by atoms with Crippen LogP contribution in [0, 0.1) is 0 Å². The van der Waals surface area contributed by atoms with Gasteiger partial charge in [-0.15, -0.1) is 0 Å². The number of nitrogens with one attached hydrogen (secondary N) is 3. The predicted molar refractivity (Wildman–Crippen MR) is 183 cm³/mol. The molecule has 1 aromatic heterocycles. The SMILES string of the molecule is O=C(CN(Cc1ccc(OCc2ccccc2)cc1)C(=O)C(Cc1cnc[nH]1)NC(=O)OCc1ccccc1)NC[C@@H](O)c1ccccc1. The maximum absolute atomic E-state index is 14.2. The number of nitrogens with zero attached hydrogens (tertiary/aromatic N) is 2. The summed E-state index contributed by atoms with van der Waals surface area (Å²) in [5.41, 5.74) is 3.83. The quantitative estimate of drug-likeness (QED) is 0.120. The van der Waals surface area contributed by atoms with Crippen LogP contribution in [0.15, 0.2) is 128 Å². The average molecular weight is 662 g/mol. The molecule has 2 atom stereocenters. The minimum Gasteiger partial charge on any atom is -0.489 e. The summed E-state index contributed by atoms with van der Waals surface area (Å²) in [6.07, 6.45) is 1.42. The van der Waals surface area contributed by atoms with E-state index < -0.39 is 30.1 Å². The zero-order valence-corrected chi connectivity index (χ0v) is 26.9. The molecular formula is C38H39N5O6. The summed E-state index contributed by atoms with van der Waals surface area (Å²) in [6.45, 7) is 0.118. The molecule has 3 amide bonds. The van der Waals surface area contributed by atoms with Gasteiger partial charge >= 0.3 is 6.09 Å². The van der Waals surface area contributed by atoms with Gasteiger partial charge in [0.05, 0.1) is 19.0 Å². The van der Waals surface area contributed by atoms with Gasteiger partial charge < -0.3 is 35.1 Å². The van der Waals surface area contributed by atoms with Crippen molar-refractivity contribution in [3.05, 3.63) is 156 Å². The highest BCUT2D eigenvalue weighted by molar-refractivity contribution is 5.89. The van der Waals surface area contributed by atoms with E-state index in [1.54, 1.807) is 42.6 Å². The van der Waals surface area contributed by atoms with Gasteiger partial charge in [-0.1, -0.05) is 103 Å². The number of ether oxygens (including phenoxy) is 2. The average Bonchev–Trinajstić information content (AvgIpc) is 3.66. The van der Waals surface area contributed by atoms with Crippen LogP contribution < -0.4 is 15.4 Å².